The number of allylic oxidation sites excluding steroid dienone is 3. The lowest BCUT2D eigenvalue weighted by Crippen LogP contribution is -2.36. The number of rotatable bonds is 8. The number of imidazole rings is 1. The molecule has 0 fully saturated rings. The summed E-state index contributed by atoms with van der Waals surface area (Å²) in [6, 6.07) is 16.2. The van der Waals surface area contributed by atoms with Crippen molar-refractivity contribution < 1.29 is 19.3 Å². The van der Waals surface area contributed by atoms with Crippen LogP contribution in [0.25, 0.3) is 17.1 Å². The molecule has 38 heavy (non-hydrogen) atoms. The molecule has 0 amide bonds. The van der Waals surface area contributed by atoms with Gasteiger partial charge in [-0.1, -0.05) is 38.1 Å². The van der Waals surface area contributed by atoms with E-state index in [0.29, 0.717) is 13.1 Å². The SMILES string of the molecule is CCCN1/C(=C/C2=C(O)C(=C/c3n(CC)c4ccccc4[n+]3CCC)/C(=O)C2=O)N(CC)c2ccccc21. The number of anilines is 2. The Kier molecular flexibility index (Phi) is 6.93. The minimum Gasteiger partial charge on any atom is -0.506 e. The van der Waals surface area contributed by atoms with Crippen LogP contribution in [0.2, 0.25) is 0 Å². The number of para-hydroxylation sites is 4. The van der Waals surface area contributed by atoms with Gasteiger partial charge in [0.2, 0.25) is 11.6 Å². The van der Waals surface area contributed by atoms with Crippen LogP contribution in [0.4, 0.5) is 11.4 Å². The van der Waals surface area contributed by atoms with Gasteiger partial charge in [-0.05, 0) is 57.0 Å². The van der Waals surface area contributed by atoms with Crippen molar-refractivity contribution in [2.45, 2.75) is 53.6 Å². The van der Waals surface area contributed by atoms with Crippen LogP contribution in [0, 0.1) is 0 Å². The maximum Gasteiger partial charge on any atom is 0.283 e. The Bertz CT molecular complexity index is 1530. The van der Waals surface area contributed by atoms with Gasteiger partial charge in [-0.15, -0.1) is 0 Å². The molecule has 0 spiro atoms. The number of aliphatic hydroxyl groups is 1. The lowest BCUT2D eigenvalue weighted by molar-refractivity contribution is -0.674. The zero-order chi connectivity index (χ0) is 27.0. The van der Waals surface area contributed by atoms with Crippen LogP contribution >= 0.6 is 0 Å². The maximum atomic E-state index is 13.3. The third kappa shape index (κ3) is 3.93. The van der Waals surface area contributed by atoms with Crippen LogP contribution in [-0.4, -0.2) is 34.3 Å². The van der Waals surface area contributed by atoms with Crippen molar-refractivity contribution in [3.63, 3.8) is 0 Å². The zero-order valence-electron chi connectivity index (χ0n) is 22.6. The number of aryl methyl sites for hydroxylation is 2. The highest BCUT2D eigenvalue weighted by atomic mass is 16.3. The molecule has 196 valence electrons. The molecule has 1 aromatic heterocycles. The highest BCUT2D eigenvalue weighted by Crippen LogP contribution is 2.42. The van der Waals surface area contributed by atoms with E-state index in [4.69, 9.17) is 0 Å². The van der Waals surface area contributed by atoms with Crippen molar-refractivity contribution in [3.05, 3.63) is 83.2 Å². The van der Waals surface area contributed by atoms with Gasteiger partial charge < -0.3 is 14.9 Å². The topological polar surface area (TPSA) is 69.7 Å². The summed E-state index contributed by atoms with van der Waals surface area (Å²) in [6.07, 6.45) is 5.19. The van der Waals surface area contributed by atoms with Crippen molar-refractivity contribution >= 4 is 40.1 Å². The number of hydrogen-bond donors (Lipinski definition) is 1. The summed E-state index contributed by atoms with van der Waals surface area (Å²) in [5.41, 5.74) is 4.31. The lowest BCUT2D eigenvalue weighted by atomic mass is 10.1. The number of benzene rings is 2. The van der Waals surface area contributed by atoms with E-state index in [2.05, 4.69) is 70.9 Å². The Labute approximate surface area is 223 Å². The van der Waals surface area contributed by atoms with Gasteiger partial charge in [-0.3, -0.25) is 9.59 Å². The molecule has 7 nitrogen and oxygen atoms in total. The van der Waals surface area contributed by atoms with E-state index in [1.165, 1.54) is 0 Å². The summed E-state index contributed by atoms with van der Waals surface area (Å²) < 4.78 is 4.28. The van der Waals surface area contributed by atoms with Gasteiger partial charge in [0, 0.05) is 19.2 Å². The van der Waals surface area contributed by atoms with Crippen LogP contribution in [-0.2, 0) is 22.7 Å². The summed E-state index contributed by atoms with van der Waals surface area (Å²) >= 11 is 0. The molecule has 2 aromatic carbocycles. The predicted molar refractivity (Wildman–Crippen MR) is 151 cm³/mol. The number of aromatic nitrogens is 2. The molecule has 0 unspecified atom stereocenters. The molecule has 1 aliphatic heterocycles. The number of ketones is 2. The Hall–Kier alpha value is -4.13. The summed E-state index contributed by atoms with van der Waals surface area (Å²) in [6.45, 7) is 11.2. The summed E-state index contributed by atoms with van der Waals surface area (Å²) in [7, 11) is 0. The second kappa shape index (κ2) is 10.3. The van der Waals surface area contributed by atoms with Crippen LogP contribution < -0.4 is 14.4 Å². The van der Waals surface area contributed by atoms with Gasteiger partial charge in [-0.25, -0.2) is 9.13 Å². The minimum atomic E-state index is -0.675. The smallest absolute Gasteiger partial charge is 0.283 e. The fourth-order valence-corrected chi connectivity index (χ4v) is 5.65. The number of carbonyl (C=O) groups excluding carboxylic acids is 2. The quantitative estimate of drug-likeness (QED) is 0.252. The highest BCUT2D eigenvalue weighted by Gasteiger charge is 2.39. The van der Waals surface area contributed by atoms with E-state index in [1.807, 2.05) is 24.3 Å². The number of Topliss-reactive ketones (excluding diaryl/α,β-unsaturated/α-hetero) is 2. The minimum absolute atomic E-state index is 0.0461. The predicted octanol–water partition coefficient (Wildman–Crippen LogP) is 5.30. The summed E-state index contributed by atoms with van der Waals surface area (Å²) in [5.74, 6) is -0.0184. The van der Waals surface area contributed by atoms with Gasteiger partial charge in [0.25, 0.3) is 5.82 Å². The third-order valence-electron chi connectivity index (χ3n) is 7.31. The molecule has 0 saturated carbocycles. The normalized spacial score (nSPS) is 17.7. The molecule has 7 heteroatoms. The number of fused-ring (bicyclic) bond motifs is 2. The average molecular weight is 512 g/mol. The van der Waals surface area contributed by atoms with Gasteiger partial charge >= 0.3 is 0 Å². The van der Waals surface area contributed by atoms with Gasteiger partial charge in [0.15, 0.2) is 11.0 Å². The molecule has 1 N–H and O–H groups in total. The molecule has 5 rings (SSSR count). The molecule has 0 atom stereocenters. The molecule has 2 aliphatic rings. The Morgan fingerprint density at radius 3 is 2.16 bits per heavy atom. The second-order valence-corrected chi connectivity index (χ2v) is 9.61. The van der Waals surface area contributed by atoms with E-state index in [1.54, 1.807) is 12.2 Å². The lowest BCUT2D eigenvalue weighted by Gasteiger charge is -2.24. The molecule has 0 saturated heterocycles. The van der Waals surface area contributed by atoms with Gasteiger partial charge in [0.1, 0.15) is 11.6 Å². The number of nitrogens with zero attached hydrogens (tertiary/aromatic N) is 4. The third-order valence-corrected chi connectivity index (χ3v) is 7.31. The average Bonchev–Trinajstić information content (AvgIpc) is 3.47. The highest BCUT2D eigenvalue weighted by molar-refractivity contribution is 6.54. The second-order valence-electron chi connectivity index (χ2n) is 9.61. The summed E-state index contributed by atoms with van der Waals surface area (Å²) in [5, 5.41) is 11.3. The van der Waals surface area contributed by atoms with Gasteiger partial charge in [-0.2, -0.15) is 0 Å². The van der Waals surface area contributed by atoms with Crippen LogP contribution in [0.1, 0.15) is 46.4 Å². The maximum absolute atomic E-state index is 13.3. The molecule has 3 aromatic rings. The van der Waals surface area contributed by atoms with Crippen molar-refractivity contribution in [2.75, 3.05) is 22.9 Å². The van der Waals surface area contributed by atoms with Crippen LogP contribution in [0.15, 0.2) is 77.3 Å². The van der Waals surface area contributed by atoms with E-state index in [0.717, 1.165) is 60.0 Å². The fraction of sp³-hybridized carbons (Fsp3) is 0.323. The first-order valence-corrected chi connectivity index (χ1v) is 13.6. The fourth-order valence-electron chi connectivity index (χ4n) is 5.65. The van der Waals surface area contributed by atoms with Crippen molar-refractivity contribution in [3.8, 4) is 0 Å². The number of carbonyl (C=O) groups is 2. The molecule has 0 bridgehead atoms. The Balaban J connectivity index is 1.67. The van der Waals surface area contributed by atoms with Gasteiger partial charge in [0.05, 0.1) is 35.6 Å². The Morgan fingerprint density at radius 2 is 1.50 bits per heavy atom. The molecule has 2 heterocycles. The Morgan fingerprint density at radius 1 is 0.816 bits per heavy atom. The van der Waals surface area contributed by atoms with Crippen molar-refractivity contribution in [1.29, 1.82) is 0 Å². The van der Waals surface area contributed by atoms with E-state index in [9.17, 15) is 14.7 Å². The number of hydrogen-bond acceptors (Lipinski definition) is 5. The van der Waals surface area contributed by atoms with Crippen LogP contribution in [0.3, 0.4) is 0 Å². The molecule has 0 radical (unpaired) electrons. The first-order valence-electron chi connectivity index (χ1n) is 13.6. The first-order chi connectivity index (χ1) is 18.5. The van der Waals surface area contributed by atoms with E-state index < -0.39 is 11.6 Å². The van der Waals surface area contributed by atoms with E-state index in [-0.39, 0.29) is 16.9 Å². The zero-order valence-corrected chi connectivity index (χ0v) is 22.6. The summed E-state index contributed by atoms with van der Waals surface area (Å²) in [4.78, 5) is 30.8. The molecular weight excluding hydrogens is 476 g/mol. The monoisotopic (exact) mass is 511 g/mol. The van der Waals surface area contributed by atoms with Crippen molar-refractivity contribution in [1.82, 2.24) is 4.57 Å². The van der Waals surface area contributed by atoms with Crippen molar-refractivity contribution in [2.24, 2.45) is 0 Å². The van der Waals surface area contributed by atoms with Crippen LogP contribution in [0.5, 0.6) is 0 Å². The standard InChI is InChI=1S/C31H34N4O3/c1-5-17-34-25-15-11-9-13-23(25)32(7-3)27(34)19-21-29(36)22(31(38)30(21)37)20-28-33(8-4)24-14-10-12-16-26(24)35(28)18-6-2/h9-16,19-20H,5-8,17-18H2,1-4H3/p+1. The molecule has 1 aliphatic carbocycles. The largest absolute Gasteiger partial charge is 0.506 e. The number of aliphatic hydroxyl groups excluding tert-OH is 1. The first kappa shape index (κ1) is 25.5. The van der Waals surface area contributed by atoms with E-state index >= 15 is 0 Å². The molecular formula is C31H35N4O3+.